The van der Waals surface area contributed by atoms with Crippen LogP contribution in [0.4, 0.5) is 5.69 Å². The van der Waals surface area contributed by atoms with Gasteiger partial charge in [0, 0.05) is 12.2 Å². The first kappa shape index (κ1) is 16.2. The van der Waals surface area contributed by atoms with Gasteiger partial charge in [0.25, 0.3) is 0 Å². The van der Waals surface area contributed by atoms with Gasteiger partial charge in [-0.05, 0) is 36.3 Å². The Kier molecular flexibility index (Phi) is 6.73. The lowest BCUT2D eigenvalue weighted by Gasteiger charge is -2.22. The number of esters is 1. The van der Waals surface area contributed by atoms with E-state index in [1.165, 1.54) is 7.11 Å². The Bertz CT molecular complexity index is 483. The molecule has 20 heavy (non-hydrogen) atoms. The summed E-state index contributed by atoms with van der Waals surface area (Å²) in [5, 5.41) is 0.376. The van der Waals surface area contributed by atoms with Crippen molar-refractivity contribution in [3.63, 3.8) is 0 Å². The zero-order valence-electron chi connectivity index (χ0n) is 11.8. The summed E-state index contributed by atoms with van der Waals surface area (Å²) in [5.74, 6) is -0.250. The van der Waals surface area contributed by atoms with Gasteiger partial charge in [-0.2, -0.15) is 0 Å². The van der Waals surface area contributed by atoms with E-state index in [1.807, 2.05) is 35.2 Å². The molecule has 2 N–H and O–H groups in total. The van der Waals surface area contributed by atoms with E-state index in [4.69, 9.17) is 18.0 Å². The molecule has 1 aromatic rings. The third-order valence-electron chi connectivity index (χ3n) is 2.74. The number of nitrogens with two attached hydrogens (primary N) is 1. The van der Waals surface area contributed by atoms with Crippen molar-refractivity contribution in [3.8, 4) is 0 Å². The van der Waals surface area contributed by atoms with E-state index in [2.05, 4.69) is 11.7 Å². The van der Waals surface area contributed by atoms with Crippen molar-refractivity contribution in [3.05, 3.63) is 35.9 Å². The quantitative estimate of drug-likeness (QED) is 0.645. The number of anilines is 1. The number of carbonyl (C=O) groups excluding carboxylic acids is 1. The van der Waals surface area contributed by atoms with Crippen molar-refractivity contribution in [2.45, 2.75) is 19.8 Å². The summed E-state index contributed by atoms with van der Waals surface area (Å²) in [6, 6.07) is 7.85. The second-order valence-electron chi connectivity index (χ2n) is 4.26. The van der Waals surface area contributed by atoms with Gasteiger partial charge in [-0.3, -0.25) is 4.79 Å². The van der Waals surface area contributed by atoms with Crippen LogP contribution in [0.3, 0.4) is 0 Å². The molecule has 0 atom stereocenters. The molecule has 1 aromatic carbocycles. The predicted octanol–water partition coefficient (Wildman–Crippen LogP) is 2.72. The first-order valence-corrected chi connectivity index (χ1v) is 6.89. The Morgan fingerprint density at radius 3 is 2.55 bits per heavy atom. The third kappa shape index (κ3) is 5.01. The minimum Gasteiger partial charge on any atom is -0.469 e. The SMILES string of the molecule is CCCN(C(N)=S)c1ccc(C=CCC(=O)OC)cc1. The Morgan fingerprint density at radius 1 is 1.40 bits per heavy atom. The highest BCUT2D eigenvalue weighted by Crippen LogP contribution is 2.16. The smallest absolute Gasteiger partial charge is 0.309 e. The third-order valence-corrected chi connectivity index (χ3v) is 2.96. The average Bonchev–Trinajstić information content (AvgIpc) is 2.45. The zero-order valence-corrected chi connectivity index (χ0v) is 12.7. The molecule has 0 bridgehead atoms. The second kappa shape index (κ2) is 8.32. The van der Waals surface area contributed by atoms with Crippen molar-refractivity contribution in [2.24, 2.45) is 5.73 Å². The van der Waals surface area contributed by atoms with Crippen LogP contribution < -0.4 is 10.6 Å². The van der Waals surface area contributed by atoms with Crippen molar-refractivity contribution >= 4 is 35.1 Å². The fourth-order valence-corrected chi connectivity index (χ4v) is 1.93. The molecular formula is C15H20N2O2S. The van der Waals surface area contributed by atoms with Crippen LogP contribution >= 0.6 is 12.2 Å². The van der Waals surface area contributed by atoms with Gasteiger partial charge < -0.3 is 15.4 Å². The summed E-state index contributed by atoms with van der Waals surface area (Å²) in [6.45, 7) is 2.88. The molecule has 1 rings (SSSR count). The maximum atomic E-state index is 11.0. The molecule has 5 heteroatoms. The van der Waals surface area contributed by atoms with Crippen LogP contribution in [-0.2, 0) is 9.53 Å². The van der Waals surface area contributed by atoms with E-state index in [1.54, 1.807) is 6.08 Å². The van der Waals surface area contributed by atoms with E-state index in [0.29, 0.717) is 5.11 Å². The van der Waals surface area contributed by atoms with Crippen LogP contribution in [0.1, 0.15) is 25.3 Å². The molecule has 0 amide bonds. The van der Waals surface area contributed by atoms with Crippen molar-refractivity contribution in [1.82, 2.24) is 0 Å². The maximum absolute atomic E-state index is 11.0. The molecular weight excluding hydrogens is 272 g/mol. The largest absolute Gasteiger partial charge is 0.469 e. The number of methoxy groups -OCH3 is 1. The van der Waals surface area contributed by atoms with Gasteiger partial charge in [-0.15, -0.1) is 0 Å². The minimum atomic E-state index is -0.250. The molecule has 0 saturated carbocycles. The first-order chi connectivity index (χ1) is 9.58. The lowest BCUT2D eigenvalue weighted by molar-refractivity contribution is -0.139. The number of thiocarbonyl (C=S) groups is 1. The molecule has 0 fully saturated rings. The van der Waals surface area contributed by atoms with E-state index in [-0.39, 0.29) is 12.4 Å². The standard InChI is InChI=1S/C15H20N2O2S/c1-3-11-17(15(16)20)13-9-7-12(8-10-13)5-4-6-14(18)19-2/h4-5,7-10H,3,6,11H2,1-2H3,(H2,16,20). The number of benzene rings is 1. The van der Waals surface area contributed by atoms with Crippen molar-refractivity contribution in [1.29, 1.82) is 0 Å². The number of ether oxygens (including phenoxy) is 1. The molecule has 0 radical (unpaired) electrons. The van der Waals surface area contributed by atoms with E-state index >= 15 is 0 Å². The Hall–Kier alpha value is -1.88. The van der Waals surface area contributed by atoms with Gasteiger partial charge >= 0.3 is 5.97 Å². The summed E-state index contributed by atoms with van der Waals surface area (Å²) >= 11 is 5.05. The molecule has 0 aliphatic heterocycles. The molecule has 0 aliphatic rings. The predicted molar refractivity (Wildman–Crippen MR) is 86.5 cm³/mol. The molecule has 0 spiro atoms. The highest BCUT2D eigenvalue weighted by molar-refractivity contribution is 7.80. The monoisotopic (exact) mass is 292 g/mol. The Balaban J connectivity index is 2.72. The van der Waals surface area contributed by atoms with Gasteiger partial charge in [0.15, 0.2) is 5.11 Å². The fourth-order valence-electron chi connectivity index (χ4n) is 1.73. The van der Waals surface area contributed by atoms with Crippen LogP contribution in [0.2, 0.25) is 0 Å². The number of hydrogen-bond acceptors (Lipinski definition) is 3. The summed E-state index contributed by atoms with van der Waals surface area (Å²) in [7, 11) is 1.38. The number of carbonyl (C=O) groups is 1. The zero-order chi connectivity index (χ0) is 15.0. The van der Waals surface area contributed by atoms with E-state index in [0.717, 1.165) is 24.2 Å². The van der Waals surface area contributed by atoms with Crippen LogP contribution in [0.15, 0.2) is 30.3 Å². The van der Waals surface area contributed by atoms with Crippen molar-refractivity contribution < 1.29 is 9.53 Å². The second-order valence-corrected chi connectivity index (χ2v) is 4.68. The highest BCUT2D eigenvalue weighted by Gasteiger charge is 2.07. The van der Waals surface area contributed by atoms with Gasteiger partial charge in [-0.25, -0.2) is 0 Å². The lowest BCUT2D eigenvalue weighted by Crippen LogP contribution is -2.36. The van der Waals surface area contributed by atoms with Gasteiger partial charge in [0.2, 0.25) is 0 Å². The van der Waals surface area contributed by atoms with E-state index < -0.39 is 0 Å². The number of nitrogens with zero attached hydrogens (tertiary/aromatic N) is 1. The maximum Gasteiger partial charge on any atom is 0.309 e. The molecule has 0 heterocycles. The molecule has 0 unspecified atom stereocenters. The Morgan fingerprint density at radius 2 is 2.05 bits per heavy atom. The van der Waals surface area contributed by atoms with Gasteiger partial charge in [0.05, 0.1) is 13.5 Å². The molecule has 4 nitrogen and oxygen atoms in total. The summed E-state index contributed by atoms with van der Waals surface area (Å²) < 4.78 is 4.57. The first-order valence-electron chi connectivity index (χ1n) is 6.49. The highest BCUT2D eigenvalue weighted by atomic mass is 32.1. The lowest BCUT2D eigenvalue weighted by atomic mass is 10.1. The number of rotatable bonds is 6. The van der Waals surface area contributed by atoms with Crippen LogP contribution in [0, 0.1) is 0 Å². The summed E-state index contributed by atoms with van der Waals surface area (Å²) in [5.41, 5.74) is 7.70. The molecule has 0 aliphatic carbocycles. The molecule has 0 saturated heterocycles. The van der Waals surface area contributed by atoms with E-state index in [9.17, 15) is 4.79 Å². The molecule has 108 valence electrons. The van der Waals surface area contributed by atoms with Gasteiger partial charge in [-0.1, -0.05) is 31.2 Å². The van der Waals surface area contributed by atoms with Crippen molar-refractivity contribution in [2.75, 3.05) is 18.6 Å². The average molecular weight is 292 g/mol. The number of hydrogen-bond donors (Lipinski definition) is 1. The Labute approximate surface area is 125 Å². The topological polar surface area (TPSA) is 55.6 Å². The van der Waals surface area contributed by atoms with Crippen LogP contribution in [0.5, 0.6) is 0 Å². The van der Waals surface area contributed by atoms with Gasteiger partial charge in [0.1, 0.15) is 0 Å². The minimum absolute atomic E-state index is 0.250. The summed E-state index contributed by atoms with van der Waals surface area (Å²) in [6.07, 6.45) is 4.90. The summed E-state index contributed by atoms with van der Waals surface area (Å²) in [4.78, 5) is 12.9. The normalized spacial score (nSPS) is 10.5. The fraction of sp³-hybridized carbons (Fsp3) is 0.333. The van der Waals surface area contributed by atoms with Crippen LogP contribution in [-0.4, -0.2) is 24.7 Å². The molecule has 0 aromatic heterocycles. The van der Waals surface area contributed by atoms with Crippen LogP contribution in [0.25, 0.3) is 6.08 Å².